The van der Waals surface area contributed by atoms with E-state index in [2.05, 4.69) is 13.8 Å². The van der Waals surface area contributed by atoms with Gasteiger partial charge in [0.2, 0.25) is 0 Å². The van der Waals surface area contributed by atoms with Crippen molar-refractivity contribution in [1.29, 1.82) is 0 Å². The van der Waals surface area contributed by atoms with Crippen LogP contribution in [0.2, 0.25) is 0 Å². The van der Waals surface area contributed by atoms with Gasteiger partial charge in [-0.25, -0.2) is 0 Å². The summed E-state index contributed by atoms with van der Waals surface area (Å²) in [5, 5.41) is 0. The molecule has 0 amide bonds. The van der Waals surface area contributed by atoms with E-state index >= 15 is 0 Å². The van der Waals surface area contributed by atoms with E-state index in [-0.39, 0.29) is 0 Å². The highest BCUT2D eigenvalue weighted by molar-refractivity contribution is 5.46. The van der Waals surface area contributed by atoms with E-state index in [1.807, 2.05) is 18.2 Å². The van der Waals surface area contributed by atoms with Crippen molar-refractivity contribution in [2.24, 2.45) is 0 Å². The molecule has 1 rings (SSSR count). The molecule has 0 fully saturated rings. The van der Waals surface area contributed by atoms with E-state index in [9.17, 15) is 0 Å². The van der Waals surface area contributed by atoms with Gasteiger partial charge in [-0.1, -0.05) is 13.8 Å². The van der Waals surface area contributed by atoms with Crippen LogP contribution in [-0.2, 0) is 0 Å². The monoisotopic (exact) mass is 179 g/mol. The maximum atomic E-state index is 5.23. The van der Waals surface area contributed by atoms with Gasteiger partial charge in [-0.3, -0.25) is 0 Å². The summed E-state index contributed by atoms with van der Waals surface area (Å²) in [6, 6.07) is 5.79. The Morgan fingerprint density at radius 2 is 1.77 bits per heavy atom. The van der Waals surface area contributed by atoms with E-state index < -0.39 is 0 Å². The lowest BCUT2D eigenvalue weighted by Crippen LogP contribution is -1.95. The molecule has 1 aromatic carbocycles. The molecule has 71 valence electrons. The van der Waals surface area contributed by atoms with Crippen LogP contribution in [0.1, 0.15) is 19.4 Å². The van der Waals surface area contributed by atoms with Crippen LogP contribution in [0.5, 0.6) is 11.5 Å². The predicted octanol–water partition coefficient (Wildman–Crippen LogP) is 2.67. The van der Waals surface area contributed by atoms with Crippen molar-refractivity contribution in [1.82, 2.24) is 0 Å². The van der Waals surface area contributed by atoms with Gasteiger partial charge in [0.15, 0.2) is 0 Å². The summed E-state index contributed by atoms with van der Waals surface area (Å²) < 4.78 is 10.4. The van der Waals surface area contributed by atoms with Gasteiger partial charge in [-0.05, 0) is 18.2 Å². The lowest BCUT2D eigenvalue weighted by molar-refractivity contribution is 0.400. The highest BCUT2D eigenvalue weighted by Crippen LogP contribution is 2.29. The first-order valence-corrected chi connectivity index (χ1v) is 4.21. The van der Waals surface area contributed by atoms with E-state index in [1.54, 1.807) is 14.2 Å². The highest BCUT2D eigenvalue weighted by Gasteiger charge is 2.08. The summed E-state index contributed by atoms with van der Waals surface area (Å²) in [4.78, 5) is 0. The van der Waals surface area contributed by atoms with Crippen LogP contribution >= 0.6 is 0 Å². The van der Waals surface area contributed by atoms with Gasteiger partial charge in [0.05, 0.1) is 14.2 Å². The van der Waals surface area contributed by atoms with Crippen molar-refractivity contribution < 1.29 is 9.47 Å². The molecule has 0 spiro atoms. The summed E-state index contributed by atoms with van der Waals surface area (Å²) in [5.74, 6) is 2.97. The average Bonchev–Trinajstić information content (AvgIpc) is 2.16. The lowest BCUT2D eigenvalue weighted by Gasteiger charge is -2.12. The van der Waals surface area contributed by atoms with Gasteiger partial charge in [0, 0.05) is 11.5 Å². The molecule has 0 aliphatic rings. The topological polar surface area (TPSA) is 18.5 Å². The third kappa shape index (κ3) is 2.14. The third-order valence-electron chi connectivity index (χ3n) is 1.95. The largest absolute Gasteiger partial charge is 0.497 e. The zero-order valence-electron chi connectivity index (χ0n) is 8.55. The third-order valence-corrected chi connectivity index (χ3v) is 1.95. The van der Waals surface area contributed by atoms with E-state index in [0.717, 1.165) is 17.1 Å². The minimum Gasteiger partial charge on any atom is -0.497 e. The molecule has 2 heteroatoms. The molecule has 0 unspecified atom stereocenters. The van der Waals surface area contributed by atoms with E-state index in [4.69, 9.17) is 9.47 Å². The summed E-state index contributed by atoms with van der Waals surface area (Å²) in [6.07, 6.45) is 0. The van der Waals surface area contributed by atoms with Crippen LogP contribution in [0.15, 0.2) is 18.2 Å². The first-order chi connectivity index (χ1) is 6.19. The van der Waals surface area contributed by atoms with Gasteiger partial charge >= 0.3 is 0 Å². The quantitative estimate of drug-likeness (QED) is 0.710. The van der Waals surface area contributed by atoms with Gasteiger partial charge in [0.1, 0.15) is 11.5 Å². The molecule has 2 nitrogen and oxygen atoms in total. The number of hydrogen-bond acceptors (Lipinski definition) is 2. The molecule has 0 aromatic heterocycles. The smallest absolute Gasteiger partial charge is 0.122 e. The number of hydrogen-bond donors (Lipinski definition) is 0. The van der Waals surface area contributed by atoms with Crippen molar-refractivity contribution in [3.05, 3.63) is 29.7 Å². The van der Waals surface area contributed by atoms with Crippen molar-refractivity contribution in [3.63, 3.8) is 0 Å². The first kappa shape index (κ1) is 9.90. The van der Waals surface area contributed by atoms with Crippen LogP contribution in [0.25, 0.3) is 0 Å². The Bertz CT molecular complexity index is 279. The summed E-state index contributed by atoms with van der Waals surface area (Å²) >= 11 is 0. The Kier molecular flexibility index (Phi) is 3.18. The predicted molar refractivity (Wildman–Crippen MR) is 53.2 cm³/mol. The fourth-order valence-electron chi connectivity index (χ4n) is 1.20. The molecule has 0 N–H and O–H groups in total. The van der Waals surface area contributed by atoms with E-state index in [0.29, 0.717) is 0 Å². The minimum atomic E-state index is 0.858. The highest BCUT2D eigenvalue weighted by atomic mass is 16.5. The van der Waals surface area contributed by atoms with Gasteiger partial charge < -0.3 is 9.47 Å². The Hall–Kier alpha value is -1.18. The van der Waals surface area contributed by atoms with Crippen LogP contribution in [0.3, 0.4) is 0 Å². The normalized spacial score (nSPS) is 10.2. The van der Waals surface area contributed by atoms with Gasteiger partial charge in [-0.2, -0.15) is 0 Å². The molecule has 0 aliphatic heterocycles. The maximum Gasteiger partial charge on any atom is 0.122 e. The number of benzene rings is 1. The Morgan fingerprint density at radius 3 is 2.23 bits per heavy atom. The van der Waals surface area contributed by atoms with Crippen LogP contribution in [0.4, 0.5) is 0 Å². The zero-order chi connectivity index (χ0) is 9.84. The molecular formula is C11H15O2. The van der Waals surface area contributed by atoms with Gasteiger partial charge in [0.25, 0.3) is 0 Å². The van der Waals surface area contributed by atoms with Crippen molar-refractivity contribution in [2.75, 3.05) is 14.2 Å². The van der Waals surface area contributed by atoms with Crippen LogP contribution in [-0.4, -0.2) is 14.2 Å². The average molecular weight is 179 g/mol. The van der Waals surface area contributed by atoms with E-state index in [1.165, 1.54) is 5.92 Å². The summed E-state index contributed by atoms with van der Waals surface area (Å²) in [6.45, 7) is 4.11. The Balaban J connectivity index is 3.10. The van der Waals surface area contributed by atoms with Crippen LogP contribution < -0.4 is 9.47 Å². The molecule has 0 saturated carbocycles. The number of rotatable bonds is 3. The Labute approximate surface area is 79.5 Å². The van der Waals surface area contributed by atoms with Gasteiger partial charge in [-0.15, -0.1) is 0 Å². The fraction of sp³-hybridized carbons (Fsp3) is 0.364. The fourth-order valence-corrected chi connectivity index (χ4v) is 1.20. The van der Waals surface area contributed by atoms with Crippen molar-refractivity contribution in [2.45, 2.75) is 13.8 Å². The lowest BCUT2D eigenvalue weighted by atomic mass is 10.0. The molecule has 0 aliphatic carbocycles. The maximum absolute atomic E-state index is 5.23. The molecule has 0 atom stereocenters. The van der Waals surface area contributed by atoms with Crippen LogP contribution in [0, 0.1) is 5.92 Å². The summed E-state index contributed by atoms with van der Waals surface area (Å²) in [7, 11) is 3.34. The van der Waals surface area contributed by atoms with Crippen molar-refractivity contribution >= 4 is 0 Å². The summed E-state index contributed by atoms with van der Waals surface area (Å²) in [5.41, 5.74) is 1.10. The zero-order valence-corrected chi connectivity index (χ0v) is 8.55. The second-order valence-corrected chi connectivity index (χ2v) is 3.07. The molecular weight excluding hydrogens is 164 g/mol. The second kappa shape index (κ2) is 4.17. The SMILES string of the molecule is COc1ccc(OC)c([C](C)C)c1. The minimum absolute atomic E-state index is 0.858. The Morgan fingerprint density at radius 1 is 1.08 bits per heavy atom. The molecule has 0 heterocycles. The number of methoxy groups -OCH3 is 2. The molecule has 13 heavy (non-hydrogen) atoms. The second-order valence-electron chi connectivity index (χ2n) is 3.07. The number of ether oxygens (including phenoxy) is 2. The molecule has 0 bridgehead atoms. The van der Waals surface area contributed by atoms with Crippen molar-refractivity contribution in [3.8, 4) is 11.5 Å². The molecule has 1 aromatic rings. The molecule has 0 saturated heterocycles. The first-order valence-electron chi connectivity index (χ1n) is 4.21. The molecule has 1 radical (unpaired) electrons. The standard InChI is InChI=1S/C11H15O2/c1-8(2)10-7-9(12-3)5-6-11(10)13-4/h5-7H,1-4H3.